The van der Waals surface area contributed by atoms with Gasteiger partial charge >= 0.3 is 0 Å². The lowest BCUT2D eigenvalue weighted by molar-refractivity contribution is -0.0760. The first-order chi connectivity index (χ1) is 9.76. The van der Waals surface area contributed by atoms with Gasteiger partial charge in [0.15, 0.2) is 0 Å². The molecule has 0 aromatic heterocycles. The Morgan fingerprint density at radius 2 is 1.43 bits per heavy atom. The minimum Gasteiger partial charge on any atom is -0.327 e. The quantitative estimate of drug-likeness (QED) is 0.649. The summed E-state index contributed by atoms with van der Waals surface area (Å²) in [5, 5.41) is 0. The van der Waals surface area contributed by atoms with E-state index in [0.29, 0.717) is 16.9 Å². The third-order valence-electron chi connectivity index (χ3n) is 8.51. The Bertz CT molecular complexity index is 387. The van der Waals surface area contributed by atoms with Gasteiger partial charge in [-0.05, 0) is 78.9 Å². The van der Waals surface area contributed by atoms with Crippen molar-refractivity contribution in [3.63, 3.8) is 0 Å². The van der Waals surface area contributed by atoms with Crippen molar-refractivity contribution in [2.75, 3.05) is 0 Å². The van der Waals surface area contributed by atoms with Crippen LogP contribution in [-0.4, -0.2) is 6.04 Å². The molecule has 1 nitrogen and oxygen atoms in total. The summed E-state index contributed by atoms with van der Waals surface area (Å²) >= 11 is 0. The molecule has 7 atom stereocenters. The van der Waals surface area contributed by atoms with Crippen LogP contribution in [0.15, 0.2) is 0 Å². The fourth-order valence-electron chi connectivity index (χ4n) is 6.70. The normalized spacial score (nSPS) is 53.4. The Labute approximate surface area is 132 Å². The van der Waals surface area contributed by atoms with Crippen LogP contribution in [0.1, 0.15) is 79.6 Å². The van der Waals surface area contributed by atoms with Crippen LogP contribution in [0.2, 0.25) is 0 Å². The zero-order valence-corrected chi connectivity index (χ0v) is 15.0. The highest BCUT2D eigenvalue weighted by Gasteiger charge is 2.52. The second-order valence-electron chi connectivity index (χ2n) is 9.73. The molecule has 1 unspecified atom stereocenters. The van der Waals surface area contributed by atoms with Gasteiger partial charge in [0.2, 0.25) is 0 Å². The molecule has 3 fully saturated rings. The molecule has 2 bridgehead atoms. The fraction of sp³-hybridized carbons (Fsp3) is 1.00. The highest BCUT2D eigenvalue weighted by molar-refractivity contribution is 5.04. The molecule has 0 spiro atoms. The van der Waals surface area contributed by atoms with Gasteiger partial charge in [-0.25, -0.2) is 0 Å². The van der Waals surface area contributed by atoms with Crippen molar-refractivity contribution < 1.29 is 0 Å². The fourth-order valence-corrected chi connectivity index (χ4v) is 6.70. The van der Waals surface area contributed by atoms with E-state index in [1.54, 1.807) is 0 Å². The van der Waals surface area contributed by atoms with Crippen LogP contribution >= 0.6 is 0 Å². The highest BCUT2D eigenvalue weighted by Crippen LogP contribution is 2.59. The van der Waals surface area contributed by atoms with E-state index >= 15 is 0 Å². The number of rotatable bonds is 0. The van der Waals surface area contributed by atoms with Crippen molar-refractivity contribution in [3.05, 3.63) is 0 Å². The van der Waals surface area contributed by atoms with Crippen molar-refractivity contribution in [1.29, 1.82) is 0 Å². The molecule has 0 heterocycles. The molecule has 3 saturated carbocycles. The Balaban J connectivity index is 1.94. The molecule has 1 heteroatoms. The molecule has 3 aliphatic rings. The average Bonchev–Trinajstić information content (AvgIpc) is 2.40. The smallest absolute Gasteiger partial charge is 0.00957 e. The van der Waals surface area contributed by atoms with E-state index in [-0.39, 0.29) is 0 Å². The van der Waals surface area contributed by atoms with Crippen molar-refractivity contribution in [3.8, 4) is 0 Å². The monoisotopic (exact) mass is 291 g/mol. The van der Waals surface area contributed by atoms with Crippen LogP contribution < -0.4 is 5.73 Å². The maximum atomic E-state index is 6.66. The first-order valence-corrected chi connectivity index (χ1v) is 9.52. The molecular weight excluding hydrogens is 254 g/mol. The summed E-state index contributed by atoms with van der Waals surface area (Å²) in [6.45, 7) is 12.7. The molecule has 0 saturated heterocycles. The lowest BCUT2D eigenvalue weighted by atomic mass is 9.48. The summed E-state index contributed by atoms with van der Waals surface area (Å²) in [6.07, 6.45) is 9.76. The van der Waals surface area contributed by atoms with Gasteiger partial charge in [0, 0.05) is 6.04 Å². The topological polar surface area (TPSA) is 26.0 Å². The summed E-state index contributed by atoms with van der Waals surface area (Å²) < 4.78 is 0. The lowest BCUT2D eigenvalue weighted by Gasteiger charge is -2.58. The van der Waals surface area contributed by atoms with Crippen molar-refractivity contribution in [2.24, 2.45) is 46.2 Å². The van der Waals surface area contributed by atoms with E-state index < -0.39 is 0 Å². The average molecular weight is 292 g/mol. The van der Waals surface area contributed by atoms with Gasteiger partial charge in [-0.2, -0.15) is 0 Å². The van der Waals surface area contributed by atoms with Gasteiger partial charge in [0.05, 0.1) is 0 Å². The van der Waals surface area contributed by atoms with E-state index in [1.807, 2.05) is 0 Å². The largest absolute Gasteiger partial charge is 0.327 e. The van der Waals surface area contributed by atoms with Gasteiger partial charge in [0.1, 0.15) is 0 Å². The molecule has 2 N–H and O–H groups in total. The molecule has 0 amide bonds. The van der Waals surface area contributed by atoms with Crippen LogP contribution in [0, 0.1) is 40.4 Å². The highest BCUT2D eigenvalue weighted by atomic mass is 14.7. The van der Waals surface area contributed by atoms with Crippen molar-refractivity contribution >= 4 is 0 Å². The maximum Gasteiger partial charge on any atom is 0.00957 e. The SMILES string of the molecule is C[C@@H]1CCC(N)[C@@]2(C)CC[C@H]3[C@H](C)CC[C@@H](C[C@H]12)C3(C)C. The Kier molecular flexibility index (Phi) is 3.96. The predicted octanol–water partition coefficient (Wildman–Crippen LogP) is 5.24. The number of hydrogen-bond donors (Lipinski definition) is 1. The Morgan fingerprint density at radius 1 is 0.810 bits per heavy atom. The van der Waals surface area contributed by atoms with E-state index in [9.17, 15) is 0 Å². The zero-order chi connectivity index (χ0) is 15.4. The summed E-state index contributed by atoms with van der Waals surface area (Å²) in [4.78, 5) is 0. The molecule has 21 heavy (non-hydrogen) atoms. The first kappa shape index (κ1) is 15.8. The molecule has 0 radical (unpaired) electrons. The standard InChI is InChI=1S/C20H37N/c1-13-6-8-15-12-17-14(2)7-9-18(21)20(17,5)11-10-16(13)19(15,3)4/h13-18H,6-12,21H2,1-5H3/t13-,14-,15+,16+,17-,18?,20+/m1/s1. The van der Waals surface area contributed by atoms with E-state index in [4.69, 9.17) is 5.73 Å². The summed E-state index contributed by atoms with van der Waals surface area (Å²) in [6, 6.07) is 0.441. The van der Waals surface area contributed by atoms with Gasteiger partial charge in [-0.3, -0.25) is 0 Å². The number of hydrogen-bond acceptors (Lipinski definition) is 1. The summed E-state index contributed by atoms with van der Waals surface area (Å²) in [5.74, 6) is 4.49. The molecule has 3 aliphatic carbocycles. The summed E-state index contributed by atoms with van der Waals surface area (Å²) in [5.41, 5.74) is 7.61. The van der Waals surface area contributed by atoms with Gasteiger partial charge in [-0.15, -0.1) is 0 Å². The van der Waals surface area contributed by atoms with Crippen LogP contribution in [0.5, 0.6) is 0 Å². The Morgan fingerprint density at radius 3 is 2.14 bits per heavy atom. The number of fused-ring (bicyclic) bond motifs is 3. The molecule has 122 valence electrons. The Hall–Kier alpha value is -0.0400. The van der Waals surface area contributed by atoms with Gasteiger partial charge in [0.25, 0.3) is 0 Å². The van der Waals surface area contributed by atoms with E-state index in [1.165, 1.54) is 44.9 Å². The second kappa shape index (κ2) is 5.25. The molecule has 0 aliphatic heterocycles. The van der Waals surface area contributed by atoms with Gasteiger partial charge in [-0.1, -0.05) is 41.0 Å². The van der Waals surface area contributed by atoms with Crippen LogP contribution in [0.3, 0.4) is 0 Å². The third-order valence-corrected chi connectivity index (χ3v) is 8.51. The third kappa shape index (κ3) is 2.38. The van der Waals surface area contributed by atoms with E-state index in [0.717, 1.165) is 29.6 Å². The van der Waals surface area contributed by atoms with Crippen LogP contribution in [0.25, 0.3) is 0 Å². The van der Waals surface area contributed by atoms with Crippen LogP contribution in [0.4, 0.5) is 0 Å². The van der Waals surface area contributed by atoms with Crippen molar-refractivity contribution in [1.82, 2.24) is 0 Å². The maximum absolute atomic E-state index is 6.66. The molecule has 0 aromatic rings. The number of nitrogens with two attached hydrogens (primary N) is 1. The molecule has 3 rings (SSSR count). The van der Waals surface area contributed by atoms with Gasteiger partial charge < -0.3 is 5.73 Å². The van der Waals surface area contributed by atoms with E-state index in [2.05, 4.69) is 34.6 Å². The molecule has 0 aromatic carbocycles. The second-order valence-corrected chi connectivity index (χ2v) is 9.73. The predicted molar refractivity (Wildman–Crippen MR) is 91.0 cm³/mol. The van der Waals surface area contributed by atoms with Crippen LogP contribution in [-0.2, 0) is 0 Å². The zero-order valence-electron chi connectivity index (χ0n) is 15.0. The minimum absolute atomic E-state index is 0.404. The first-order valence-electron chi connectivity index (χ1n) is 9.52. The molecular formula is C20H37N. The summed E-state index contributed by atoms with van der Waals surface area (Å²) in [7, 11) is 0. The van der Waals surface area contributed by atoms with Crippen molar-refractivity contribution in [2.45, 2.75) is 85.6 Å². The lowest BCUT2D eigenvalue weighted by Crippen LogP contribution is -2.55. The minimum atomic E-state index is 0.404.